The second-order valence-corrected chi connectivity index (χ2v) is 6.63. The predicted octanol–water partition coefficient (Wildman–Crippen LogP) is 3.25. The fourth-order valence-electron chi connectivity index (χ4n) is 2.26. The fourth-order valence-corrected chi connectivity index (χ4v) is 2.70. The first kappa shape index (κ1) is 17.0. The Kier molecular flexibility index (Phi) is 5.18. The van der Waals surface area contributed by atoms with Crippen molar-refractivity contribution in [2.45, 2.75) is 12.6 Å². The van der Waals surface area contributed by atoms with Gasteiger partial charge in [-0.1, -0.05) is 27.5 Å². The monoisotopic (exact) mass is 408 g/mol. The average molecular weight is 410 g/mol. The molecule has 1 aromatic heterocycles. The van der Waals surface area contributed by atoms with E-state index < -0.39 is 6.10 Å². The molecule has 0 spiro atoms. The van der Waals surface area contributed by atoms with Crippen molar-refractivity contribution in [1.29, 1.82) is 0 Å². The van der Waals surface area contributed by atoms with E-state index in [1.165, 1.54) is 10.9 Å². The van der Waals surface area contributed by atoms with Crippen LogP contribution in [-0.4, -0.2) is 27.4 Å². The van der Waals surface area contributed by atoms with Crippen molar-refractivity contribution >= 4 is 38.4 Å². The second kappa shape index (κ2) is 7.34. The van der Waals surface area contributed by atoms with E-state index in [9.17, 15) is 9.90 Å². The summed E-state index contributed by atoms with van der Waals surface area (Å²) in [4.78, 5) is 16.6. The van der Waals surface area contributed by atoms with Gasteiger partial charge in [0.2, 0.25) is 0 Å². The Labute approximate surface area is 151 Å². The molecule has 0 saturated carbocycles. The van der Waals surface area contributed by atoms with Gasteiger partial charge < -0.3 is 9.84 Å². The SMILES string of the molecule is O=c1c2ccc(Cl)cc2ncn1CC(O)COc1ccc(Br)cc1. The molecule has 1 unspecified atom stereocenters. The third-order valence-electron chi connectivity index (χ3n) is 3.45. The molecular formula is C17H14BrClN2O3. The highest BCUT2D eigenvalue weighted by molar-refractivity contribution is 9.10. The van der Waals surface area contributed by atoms with E-state index in [1.807, 2.05) is 12.1 Å². The van der Waals surface area contributed by atoms with Gasteiger partial charge in [0.15, 0.2) is 0 Å². The first-order chi connectivity index (χ1) is 11.5. The number of rotatable bonds is 5. The normalized spacial score (nSPS) is 12.3. The number of benzene rings is 2. The molecule has 0 saturated heterocycles. The maximum atomic E-state index is 12.4. The van der Waals surface area contributed by atoms with Crippen LogP contribution in [0.1, 0.15) is 0 Å². The van der Waals surface area contributed by atoms with Gasteiger partial charge >= 0.3 is 0 Å². The van der Waals surface area contributed by atoms with Crippen LogP contribution in [0.2, 0.25) is 5.02 Å². The number of aromatic nitrogens is 2. The van der Waals surface area contributed by atoms with Crippen molar-refractivity contribution < 1.29 is 9.84 Å². The number of hydrogen-bond acceptors (Lipinski definition) is 4. The van der Waals surface area contributed by atoms with Crippen LogP contribution in [0.3, 0.4) is 0 Å². The summed E-state index contributed by atoms with van der Waals surface area (Å²) in [5, 5.41) is 11.1. The third-order valence-corrected chi connectivity index (χ3v) is 4.21. The van der Waals surface area contributed by atoms with Gasteiger partial charge in [0, 0.05) is 9.50 Å². The van der Waals surface area contributed by atoms with Gasteiger partial charge in [-0.2, -0.15) is 0 Å². The van der Waals surface area contributed by atoms with Crippen molar-refractivity contribution in [2.24, 2.45) is 0 Å². The molecule has 0 radical (unpaired) electrons. The van der Waals surface area contributed by atoms with Gasteiger partial charge in [-0.3, -0.25) is 9.36 Å². The lowest BCUT2D eigenvalue weighted by Crippen LogP contribution is -2.30. The average Bonchev–Trinajstić information content (AvgIpc) is 2.57. The Bertz CT molecular complexity index is 912. The minimum absolute atomic E-state index is 0.0761. The molecule has 2 aromatic carbocycles. The van der Waals surface area contributed by atoms with Crippen LogP contribution < -0.4 is 10.3 Å². The fraction of sp³-hybridized carbons (Fsp3) is 0.176. The molecule has 0 aliphatic carbocycles. The summed E-state index contributed by atoms with van der Waals surface area (Å²) < 4.78 is 7.83. The van der Waals surface area contributed by atoms with E-state index in [0.717, 1.165) is 4.47 Å². The van der Waals surface area contributed by atoms with Gasteiger partial charge in [0.1, 0.15) is 18.5 Å². The van der Waals surface area contributed by atoms with E-state index >= 15 is 0 Å². The van der Waals surface area contributed by atoms with Crippen LogP contribution >= 0.6 is 27.5 Å². The molecule has 3 aromatic rings. The van der Waals surface area contributed by atoms with Crippen LogP contribution in [0, 0.1) is 0 Å². The molecule has 24 heavy (non-hydrogen) atoms. The summed E-state index contributed by atoms with van der Waals surface area (Å²) in [6.45, 7) is 0.174. The van der Waals surface area contributed by atoms with Gasteiger partial charge in [-0.15, -0.1) is 0 Å². The summed E-state index contributed by atoms with van der Waals surface area (Å²) in [5.41, 5.74) is 0.309. The maximum Gasteiger partial charge on any atom is 0.261 e. The number of ether oxygens (including phenoxy) is 1. The second-order valence-electron chi connectivity index (χ2n) is 5.28. The van der Waals surface area contributed by atoms with E-state index in [4.69, 9.17) is 16.3 Å². The molecule has 124 valence electrons. The van der Waals surface area contributed by atoms with E-state index in [-0.39, 0.29) is 18.7 Å². The minimum Gasteiger partial charge on any atom is -0.491 e. The Morgan fingerprint density at radius 3 is 2.75 bits per heavy atom. The molecule has 0 bridgehead atoms. The summed E-state index contributed by atoms with van der Waals surface area (Å²) in [5.74, 6) is 0.649. The number of halogens is 2. The first-order valence-corrected chi connectivity index (χ1v) is 8.41. The smallest absolute Gasteiger partial charge is 0.261 e. The zero-order chi connectivity index (χ0) is 17.1. The minimum atomic E-state index is -0.835. The Morgan fingerprint density at radius 1 is 1.25 bits per heavy atom. The number of fused-ring (bicyclic) bond motifs is 1. The highest BCUT2D eigenvalue weighted by Crippen LogP contribution is 2.16. The molecule has 1 heterocycles. The zero-order valence-corrected chi connectivity index (χ0v) is 14.9. The van der Waals surface area contributed by atoms with Crippen molar-refractivity contribution in [2.75, 3.05) is 6.61 Å². The lowest BCUT2D eigenvalue weighted by atomic mass is 10.2. The van der Waals surface area contributed by atoms with Crippen LogP contribution in [0.25, 0.3) is 10.9 Å². The Morgan fingerprint density at radius 2 is 2.00 bits per heavy atom. The van der Waals surface area contributed by atoms with E-state index in [0.29, 0.717) is 21.7 Å². The lowest BCUT2D eigenvalue weighted by molar-refractivity contribution is 0.0915. The summed E-state index contributed by atoms with van der Waals surface area (Å²) in [7, 11) is 0. The lowest BCUT2D eigenvalue weighted by Gasteiger charge is -2.14. The molecule has 1 atom stereocenters. The molecule has 0 aliphatic heterocycles. The Hall–Kier alpha value is -1.89. The highest BCUT2D eigenvalue weighted by Gasteiger charge is 2.10. The summed E-state index contributed by atoms with van der Waals surface area (Å²) >= 11 is 9.24. The molecule has 5 nitrogen and oxygen atoms in total. The number of nitrogens with zero attached hydrogens (tertiary/aromatic N) is 2. The predicted molar refractivity (Wildman–Crippen MR) is 96.7 cm³/mol. The van der Waals surface area contributed by atoms with Gasteiger partial charge in [-0.25, -0.2) is 4.98 Å². The zero-order valence-electron chi connectivity index (χ0n) is 12.5. The molecule has 3 rings (SSSR count). The molecule has 0 amide bonds. The summed E-state index contributed by atoms with van der Waals surface area (Å²) in [6, 6.07) is 12.2. The quantitative estimate of drug-likeness (QED) is 0.702. The van der Waals surface area contributed by atoms with E-state index in [2.05, 4.69) is 20.9 Å². The largest absolute Gasteiger partial charge is 0.491 e. The molecule has 0 fully saturated rings. The van der Waals surface area contributed by atoms with Crippen LogP contribution in [0.15, 0.2) is 58.1 Å². The standard InChI is InChI=1S/C17H14BrClN2O3/c18-11-1-4-14(5-2-11)24-9-13(22)8-21-10-20-16-7-12(19)3-6-15(16)17(21)23/h1-7,10,13,22H,8-9H2. The van der Waals surface area contributed by atoms with Crippen molar-refractivity contribution in [3.63, 3.8) is 0 Å². The summed E-state index contributed by atoms with van der Waals surface area (Å²) in [6.07, 6.45) is 0.571. The maximum absolute atomic E-state index is 12.4. The number of aliphatic hydroxyl groups is 1. The molecular weight excluding hydrogens is 396 g/mol. The Balaban J connectivity index is 1.70. The van der Waals surface area contributed by atoms with Crippen molar-refractivity contribution in [3.8, 4) is 5.75 Å². The van der Waals surface area contributed by atoms with Gasteiger partial charge in [0.05, 0.1) is 23.8 Å². The van der Waals surface area contributed by atoms with Crippen LogP contribution in [0.4, 0.5) is 0 Å². The van der Waals surface area contributed by atoms with Crippen LogP contribution in [0.5, 0.6) is 5.75 Å². The van der Waals surface area contributed by atoms with E-state index in [1.54, 1.807) is 30.3 Å². The number of aliphatic hydroxyl groups excluding tert-OH is 1. The molecule has 1 N–H and O–H groups in total. The highest BCUT2D eigenvalue weighted by atomic mass is 79.9. The van der Waals surface area contributed by atoms with Crippen molar-refractivity contribution in [1.82, 2.24) is 9.55 Å². The molecule has 7 heteroatoms. The van der Waals surface area contributed by atoms with Gasteiger partial charge in [-0.05, 0) is 42.5 Å². The van der Waals surface area contributed by atoms with Crippen molar-refractivity contribution in [3.05, 3.63) is 68.6 Å². The topological polar surface area (TPSA) is 64.4 Å². The molecule has 0 aliphatic rings. The van der Waals surface area contributed by atoms with Gasteiger partial charge in [0.25, 0.3) is 5.56 Å². The first-order valence-electron chi connectivity index (χ1n) is 7.24. The number of hydrogen-bond donors (Lipinski definition) is 1. The third kappa shape index (κ3) is 3.95. The van der Waals surface area contributed by atoms with Crippen LogP contribution in [-0.2, 0) is 6.54 Å².